The molecule has 9 heteroatoms. The van der Waals surface area contributed by atoms with Crippen LogP contribution < -0.4 is 10.2 Å². The van der Waals surface area contributed by atoms with Gasteiger partial charge in [0.15, 0.2) is 0 Å². The molecule has 6 rings (SSSR count). The van der Waals surface area contributed by atoms with Crippen molar-refractivity contribution >= 4 is 50.3 Å². The Hall–Kier alpha value is -5.04. The number of nitrogens with one attached hydrogen (secondary N) is 1. The molecule has 3 aromatic carbocycles. The van der Waals surface area contributed by atoms with Crippen molar-refractivity contribution in [3.8, 4) is 6.07 Å². The Kier molecular flexibility index (Phi) is 7.90. The van der Waals surface area contributed by atoms with Crippen LogP contribution in [-0.2, 0) is 19.6 Å². The number of rotatable bonds is 9. The Labute approximate surface area is 250 Å². The second-order valence-corrected chi connectivity index (χ2v) is 11.8. The summed E-state index contributed by atoms with van der Waals surface area (Å²) in [5, 5.41) is 15.0. The van der Waals surface area contributed by atoms with Gasteiger partial charge in [-0.05, 0) is 70.9 Å². The highest BCUT2D eigenvalue weighted by molar-refractivity contribution is 7.20. The molecule has 0 aliphatic rings. The van der Waals surface area contributed by atoms with Gasteiger partial charge in [-0.25, -0.2) is 4.98 Å². The average Bonchev–Trinajstić information content (AvgIpc) is 3.80. The van der Waals surface area contributed by atoms with E-state index in [2.05, 4.69) is 16.4 Å². The van der Waals surface area contributed by atoms with Crippen LogP contribution in [0.15, 0.2) is 109 Å². The third-order valence-electron chi connectivity index (χ3n) is 6.86. The predicted octanol–water partition coefficient (Wildman–Crippen LogP) is 6.86. The highest BCUT2D eigenvalue weighted by Gasteiger charge is 2.21. The number of nitrogens with zero attached hydrogens (tertiary/aromatic N) is 4. The molecule has 0 bridgehead atoms. The van der Waals surface area contributed by atoms with E-state index in [1.807, 2.05) is 88.8 Å². The van der Waals surface area contributed by atoms with E-state index in [1.165, 1.54) is 11.3 Å². The van der Waals surface area contributed by atoms with Gasteiger partial charge in [-0.2, -0.15) is 5.26 Å². The van der Waals surface area contributed by atoms with E-state index >= 15 is 0 Å². The summed E-state index contributed by atoms with van der Waals surface area (Å²) in [6, 6.07) is 30.5. The third-order valence-corrected chi connectivity index (χ3v) is 8.85. The van der Waals surface area contributed by atoms with E-state index in [4.69, 9.17) is 5.26 Å². The lowest BCUT2D eigenvalue weighted by atomic mass is 10.1. The van der Waals surface area contributed by atoms with E-state index in [0.29, 0.717) is 35.6 Å². The molecule has 0 saturated carbocycles. The van der Waals surface area contributed by atoms with Gasteiger partial charge in [-0.3, -0.25) is 9.59 Å². The topological polar surface area (TPSA) is 91.0 Å². The summed E-state index contributed by atoms with van der Waals surface area (Å²) in [5.41, 5.74) is 3.80. The fourth-order valence-corrected chi connectivity index (χ4v) is 6.26. The number of imidazole rings is 1. The fraction of sp³-hybridized carbons (Fsp3) is 0.0909. The molecule has 6 aromatic rings. The molecule has 2 amide bonds. The fourth-order valence-electron chi connectivity index (χ4n) is 4.66. The third kappa shape index (κ3) is 6.00. The first-order chi connectivity index (χ1) is 20.6. The molecule has 0 atom stereocenters. The van der Waals surface area contributed by atoms with Crippen LogP contribution in [0.4, 0.5) is 5.69 Å². The number of nitriles is 1. The summed E-state index contributed by atoms with van der Waals surface area (Å²) in [4.78, 5) is 34.6. The molecule has 3 heterocycles. The first-order valence-electron chi connectivity index (χ1n) is 13.3. The normalized spacial score (nSPS) is 10.8. The zero-order valence-electron chi connectivity index (χ0n) is 22.4. The number of amides is 2. The number of benzene rings is 3. The largest absolute Gasteiger partial charge is 0.346 e. The number of aromatic nitrogens is 2. The van der Waals surface area contributed by atoms with Gasteiger partial charge >= 0.3 is 0 Å². The van der Waals surface area contributed by atoms with Gasteiger partial charge in [0.2, 0.25) is 0 Å². The molecule has 0 aliphatic carbocycles. The van der Waals surface area contributed by atoms with Gasteiger partial charge in [0, 0.05) is 33.6 Å². The summed E-state index contributed by atoms with van der Waals surface area (Å²) < 4.78 is 2.98. The van der Waals surface area contributed by atoms with Crippen LogP contribution in [0.5, 0.6) is 0 Å². The van der Waals surface area contributed by atoms with Crippen LogP contribution in [0.3, 0.4) is 0 Å². The van der Waals surface area contributed by atoms with E-state index < -0.39 is 0 Å². The first kappa shape index (κ1) is 27.1. The second-order valence-electron chi connectivity index (χ2n) is 9.67. The number of carbonyl (C=O) groups is 2. The lowest BCUT2D eigenvalue weighted by Crippen LogP contribution is -2.31. The lowest BCUT2D eigenvalue weighted by molar-refractivity contribution is 0.0953. The molecule has 0 aliphatic heterocycles. The van der Waals surface area contributed by atoms with Crippen molar-refractivity contribution in [2.75, 3.05) is 4.90 Å². The highest BCUT2D eigenvalue weighted by Crippen LogP contribution is 2.31. The quantitative estimate of drug-likeness (QED) is 0.200. The highest BCUT2D eigenvalue weighted by atomic mass is 32.1. The molecule has 0 saturated heterocycles. The smallest absolute Gasteiger partial charge is 0.261 e. The molecule has 0 spiro atoms. The molecule has 1 N–H and O–H groups in total. The minimum Gasteiger partial charge on any atom is -0.346 e. The zero-order chi connectivity index (χ0) is 28.9. The van der Waals surface area contributed by atoms with Crippen LogP contribution in [0.1, 0.15) is 41.7 Å². The van der Waals surface area contributed by atoms with E-state index in [0.717, 1.165) is 31.9 Å². The maximum absolute atomic E-state index is 13.9. The molecule has 0 radical (unpaired) electrons. The van der Waals surface area contributed by atoms with Crippen LogP contribution in [0.25, 0.3) is 10.1 Å². The number of hydrogen-bond donors (Lipinski definition) is 1. The Morgan fingerprint density at radius 3 is 2.57 bits per heavy atom. The van der Waals surface area contributed by atoms with Crippen molar-refractivity contribution in [2.24, 2.45) is 0 Å². The number of thiophene rings is 2. The van der Waals surface area contributed by atoms with Gasteiger partial charge < -0.3 is 14.8 Å². The summed E-state index contributed by atoms with van der Waals surface area (Å²) >= 11 is 3.04. The number of fused-ring (bicyclic) bond motifs is 1. The van der Waals surface area contributed by atoms with Gasteiger partial charge in [-0.15, -0.1) is 22.7 Å². The minimum atomic E-state index is -0.134. The van der Waals surface area contributed by atoms with Gasteiger partial charge in [0.1, 0.15) is 0 Å². The van der Waals surface area contributed by atoms with Gasteiger partial charge in [0.25, 0.3) is 11.8 Å². The zero-order valence-corrected chi connectivity index (χ0v) is 24.1. The van der Waals surface area contributed by atoms with Crippen LogP contribution in [0.2, 0.25) is 0 Å². The van der Waals surface area contributed by atoms with Crippen molar-refractivity contribution in [3.63, 3.8) is 0 Å². The number of carbonyl (C=O) groups excluding carboxylic acids is 2. The standard InChI is InChI=1S/C33H25N5O2S2/c34-17-23-8-10-24(11-9-23)20-37-22-35-18-28(37)21-38(33(40)25-5-2-1-3-6-25)27-12-13-30-26(15-27)16-31(42-30)32(39)36-19-29-7-4-14-41-29/h1-16,18,22H,19-21H2,(H,36,39). The van der Waals surface area contributed by atoms with Crippen molar-refractivity contribution in [1.82, 2.24) is 14.9 Å². The lowest BCUT2D eigenvalue weighted by Gasteiger charge is -2.24. The Morgan fingerprint density at radius 2 is 1.81 bits per heavy atom. The molecule has 42 heavy (non-hydrogen) atoms. The molecular formula is C33H25N5O2S2. The summed E-state index contributed by atoms with van der Waals surface area (Å²) in [5.74, 6) is -0.250. The number of hydrogen-bond acceptors (Lipinski definition) is 6. The Balaban J connectivity index is 1.29. The molecule has 206 valence electrons. The summed E-state index contributed by atoms with van der Waals surface area (Å²) in [7, 11) is 0. The second kappa shape index (κ2) is 12.2. The first-order valence-corrected chi connectivity index (χ1v) is 15.0. The maximum atomic E-state index is 13.9. The Bertz CT molecular complexity index is 1880. The van der Waals surface area contributed by atoms with E-state index in [9.17, 15) is 9.59 Å². The van der Waals surface area contributed by atoms with Crippen LogP contribution in [-0.4, -0.2) is 21.4 Å². The SMILES string of the molecule is N#Cc1ccc(Cn2cncc2CN(C(=O)c2ccccc2)c2ccc3sc(C(=O)NCc4cccs4)cc3c2)cc1. The summed E-state index contributed by atoms with van der Waals surface area (Å²) in [6.07, 6.45) is 3.52. The molecule has 3 aromatic heterocycles. The van der Waals surface area contributed by atoms with Crippen molar-refractivity contribution < 1.29 is 9.59 Å². The van der Waals surface area contributed by atoms with Crippen LogP contribution in [0, 0.1) is 11.3 Å². The average molecular weight is 588 g/mol. The van der Waals surface area contributed by atoms with Gasteiger partial charge in [-0.1, -0.05) is 36.4 Å². The van der Waals surface area contributed by atoms with Crippen molar-refractivity contribution in [2.45, 2.75) is 19.6 Å². The van der Waals surface area contributed by atoms with Crippen LogP contribution >= 0.6 is 22.7 Å². The minimum absolute atomic E-state index is 0.116. The predicted molar refractivity (Wildman–Crippen MR) is 167 cm³/mol. The van der Waals surface area contributed by atoms with Crippen molar-refractivity contribution in [1.29, 1.82) is 5.26 Å². The van der Waals surface area contributed by atoms with Crippen molar-refractivity contribution in [3.05, 3.63) is 141 Å². The maximum Gasteiger partial charge on any atom is 0.261 e. The number of anilines is 1. The Morgan fingerprint density at radius 1 is 0.976 bits per heavy atom. The molecular weight excluding hydrogens is 563 g/mol. The van der Waals surface area contributed by atoms with E-state index in [-0.39, 0.29) is 11.8 Å². The monoisotopic (exact) mass is 587 g/mol. The van der Waals surface area contributed by atoms with Gasteiger partial charge in [0.05, 0.1) is 41.6 Å². The molecule has 0 fully saturated rings. The summed E-state index contributed by atoms with van der Waals surface area (Å²) in [6.45, 7) is 1.35. The molecule has 0 unspecified atom stereocenters. The van der Waals surface area contributed by atoms with E-state index in [1.54, 1.807) is 40.9 Å². The molecule has 7 nitrogen and oxygen atoms in total.